The molecule has 0 aliphatic carbocycles. The Balaban J connectivity index is 1.88. The first-order valence-electron chi connectivity index (χ1n) is 6.97. The van der Waals surface area contributed by atoms with Crippen LogP contribution >= 0.6 is 0 Å². The Bertz CT molecular complexity index is 541. The van der Waals surface area contributed by atoms with Crippen LogP contribution < -0.4 is 4.90 Å². The lowest BCUT2D eigenvalue weighted by molar-refractivity contribution is 0.475. The monoisotopic (exact) mass is 253 g/mol. The lowest BCUT2D eigenvalue weighted by Crippen LogP contribution is -2.29. The summed E-state index contributed by atoms with van der Waals surface area (Å²) in [5.41, 5.74) is 3.67. The first-order valence-corrected chi connectivity index (χ1v) is 6.97. The molecule has 1 N–H and O–H groups in total. The molecule has 1 heterocycles. The number of aromatic hydroxyl groups is 1. The molecule has 98 valence electrons. The molecule has 1 fully saturated rings. The molecular formula is C17H19NO. The van der Waals surface area contributed by atoms with Gasteiger partial charge in [0.2, 0.25) is 0 Å². The van der Waals surface area contributed by atoms with Crippen LogP contribution in [0.2, 0.25) is 0 Å². The summed E-state index contributed by atoms with van der Waals surface area (Å²) >= 11 is 0. The van der Waals surface area contributed by atoms with Gasteiger partial charge < -0.3 is 10.0 Å². The molecule has 1 saturated heterocycles. The number of nitrogens with zero attached hydrogens (tertiary/aromatic N) is 1. The van der Waals surface area contributed by atoms with Crippen LogP contribution in [-0.4, -0.2) is 18.2 Å². The highest BCUT2D eigenvalue weighted by Crippen LogP contribution is 2.27. The van der Waals surface area contributed by atoms with Crippen molar-refractivity contribution in [3.05, 3.63) is 48.5 Å². The summed E-state index contributed by atoms with van der Waals surface area (Å²) in [5.74, 6) is 0.316. The highest BCUT2D eigenvalue weighted by molar-refractivity contribution is 5.69. The number of benzene rings is 2. The Kier molecular flexibility index (Phi) is 3.41. The van der Waals surface area contributed by atoms with Crippen LogP contribution in [0.5, 0.6) is 5.75 Å². The zero-order valence-corrected chi connectivity index (χ0v) is 11.0. The van der Waals surface area contributed by atoms with E-state index in [1.807, 2.05) is 12.1 Å². The standard InChI is InChI=1S/C17H19NO/c19-17-9-7-14(8-10-17)15-5-4-6-16(13-15)18-11-2-1-3-12-18/h4-10,13,19H,1-3,11-12H2. The van der Waals surface area contributed by atoms with Crippen molar-refractivity contribution in [2.24, 2.45) is 0 Å². The van der Waals surface area contributed by atoms with Gasteiger partial charge in [0.25, 0.3) is 0 Å². The second-order valence-corrected chi connectivity index (χ2v) is 5.14. The molecule has 19 heavy (non-hydrogen) atoms. The molecule has 0 unspecified atom stereocenters. The number of hydrogen-bond donors (Lipinski definition) is 1. The molecule has 2 nitrogen and oxygen atoms in total. The maximum Gasteiger partial charge on any atom is 0.115 e. The Morgan fingerprint density at radius 3 is 2.26 bits per heavy atom. The zero-order valence-electron chi connectivity index (χ0n) is 11.0. The van der Waals surface area contributed by atoms with Gasteiger partial charge in [-0.2, -0.15) is 0 Å². The van der Waals surface area contributed by atoms with Gasteiger partial charge in [0, 0.05) is 18.8 Å². The third kappa shape index (κ3) is 2.73. The summed E-state index contributed by atoms with van der Waals surface area (Å²) in [5, 5.41) is 9.35. The molecule has 1 aliphatic heterocycles. The zero-order chi connectivity index (χ0) is 13.1. The summed E-state index contributed by atoms with van der Waals surface area (Å²) in [6.45, 7) is 2.33. The van der Waals surface area contributed by atoms with E-state index in [9.17, 15) is 5.11 Å². The van der Waals surface area contributed by atoms with Crippen LogP contribution in [-0.2, 0) is 0 Å². The summed E-state index contributed by atoms with van der Waals surface area (Å²) in [6.07, 6.45) is 3.95. The van der Waals surface area contributed by atoms with E-state index in [0.717, 1.165) is 5.56 Å². The molecular weight excluding hydrogens is 234 g/mol. The fraction of sp³-hybridized carbons (Fsp3) is 0.294. The van der Waals surface area contributed by atoms with Crippen LogP contribution in [0.3, 0.4) is 0 Å². The molecule has 0 saturated carbocycles. The minimum Gasteiger partial charge on any atom is -0.508 e. The van der Waals surface area contributed by atoms with Gasteiger partial charge in [-0.3, -0.25) is 0 Å². The minimum atomic E-state index is 0.316. The molecule has 2 aromatic carbocycles. The molecule has 0 atom stereocenters. The average Bonchev–Trinajstić information content (AvgIpc) is 2.49. The predicted molar refractivity (Wildman–Crippen MR) is 79.6 cm³/mol. The molecule has 2 heteroatoms. The van der Waals surface area contributed by atoms with Gasteiger partial charge in [-0.05, 0) is 54.7 Å². The number of phenols is 1. The summed E-state index contributed by atoms with van der Waals surface area (Å²) < 4.78 is 0. The predicted octanol–water partition coefficient (Wildman–Crippen LogP) is 4.05. The van der Waals surface area contributed by atoms with Gasteiger partial charge in [0.15, 0.2) is 0 Å². The van der Waals surface area contributed by atoms with Crippen molar-refractivity contribution in [3.8, 4) is 16.9 Å². The first kappa shape index (κ1) is 12.1. The van der Waals surface area contributed by atoms with Gasteiger partial charge >= 0.3 is 0 Å². The van der Waals surface area contributed by atoms with E-state index in [0.29, 0.717) is 5.75 Å². The number of rotatable bonds is 2. The lowest BCUT2D eigenvalue weighted by Gasteiger charge is -2.29. The SMILES string of the molecule is Oc1ccc(-c2cccc(N3CCCCC3)c2)cc1. The van der Waals surface area contributed by atoms with Crippen molar-refractivity contribution >= 4 is 5.69 Å². The second kappa shape index (κ2) is 5.35. The number of piperidine rings is 1. The Morgan fingerprint density at radius 1 is 0.789 bits per heavy atom. The quantitative estimate of drug-likeness (QED) is 0.872. The molecule has 1 aliphatic rings. The normalized spacial score (nSPS) is 15.5. The highest BCUT2D eigenvalue weighted by Gasteiger charge is 2.11. The molecule has 3 rings (SSSR count). The van der Waals surface area contributed by atoms with E-state index >= 15 is 0 Å². The Morgan fingerprint density at radius 2 is 1.53 bits per heavy atom. The smallest absolute Gasteiger partial charge is 0.115 e. The molecule has 2 aromatic rings. The van der Waals surface area contributed by atoms with Gasteiger partial charge in [-0.15, -0.1) is 0 Å². The molecule has 0 bridgehead atoms. The Labute approximate surface area is 114 Å². The second-order valence-electron chi connectivity index (χ2n) is 5.14. The highest BCUT2D eigenvalue weighted by atomic mass is 16.3. The van der Waals surface area contributed by atoms with Crippen molar-refractivity contribution in [1.29, 1.82) is 0 Å². The topological polar surface area (TPSA) is 23.5 Å². The van der Waals surface area contributed by atoms with Crippen molar-refractivity contribution in [1.82, 2.24) is 0 Å². The molecule has 0 radical (unpaired) electrons. The maximum absolute atomic E-state index is 9.35. The van der Waals surface area contributed by atoms with Crippen LogP contribution in [0, 0.1) is 0 Å². The van der Waals surface area contributed by atoms with Crippen LogP contribution in [0.4, 0.5) is 5.69 Å². The van der Waals surface area contributed by atoms with Gasteiger partial charge in [-0.1, -0.05) is 24.3 Å². The number of anilines is 1. The fourth-order valence-corrected chi connectivity index (χ4v) is 2.69. The van der Waals surface area contributed by atoms with Crippen LogP contribution in [0.1, 0.15) is 19.3 Å². The van der Waals surface area contributed by atoms with Crippen molar-refractivity contribution in [2.75, 3.05) is 18.0 Å². The summed E-state index contributed by atoms with van der Waals surface area (Å²) in [6, 6.07) is 16.1. The Hall–Kier alpha value is -1.96. The van der Waals surface area contributed by atoms with Crippen molar-refractivity contribution in [2.45, 2.75) is 19.3 Å². The lowest BCUT2D eigenvalue weighted by atomic mass is 10.0. The first-order chi connectivity index (χ1) is 9.33. The minimum absolute atomic E-state index is 0.316. The third-order valence-electron chi connectivity index (χ3n) is 3.77. The number of phenolic OH excluding ortho intramolecular Hbond substituents is 1. The number of hydrogen-bond acceptors (Lipinski definition) is 2. The average molecular weight is 253 g/mol. The van der Waals surface area contributed by atoms with E-state index in [-0.39, 0.29) is 0 Å². The van der Waals surface area contributed by atoms with Gasteiger partial charge in [-0.25, -0.2) is 0 Å². The van der Waals surface area contributed by atoms with Crippen molar-refractivity contribution in [3.63, 3.8) is 0 Å². The van der Waals surface area contributed by atoms with E-state index in [1.54, 1.807) is 12.1 Å². The van der Waals surface area contributed by atoms with Gasteiger partial charge in [0.1, 0.15) is 5.75 Å². The van der Waals surface area contributed by atoms with E-state index < -0.39 is 0 Å². The van der Waals surface area contributed by atoms with E-state index in [4.69, 9.17) is 0 Å². The maximum atomic E-state index is 9.35. The summed E-state index contributed by atoms with van der Waals surface area (Å²) in [4.78, 5) is 2.47. The molecule has 0 spiro atoms. The molecule has 0 amide bonds. The van der Waals surface area contributed by atoms with Crippen molar-refractivity contribution < 1.29 is 5.11 Å². The molecule has 0 aromatic heterocycles. The van der Waals surface area contributed by atoms with Gasteiger partial charge in [0.05, 0.1) is 0 Å². The summed E-state index contributed by atoms with van der Waals surface area (Å²) in [7, 11) is 0. The third-order valence-corrected chi connectivity index (χ3v) is 3.77. The van der Waals surface area contributed by atoms with Crippen LogP contribution in [0.15, 0.2) is 48.5 Å². The largest absolute Gasteiger partial charge is 0.508 e. The van der Waals surface area contributed by atoms with Crippen LogP contribution in [0.25, 0.3) is 11.1 Å². The van der Waals surface area contributed by atoms with E-state index in [2.05, 4.69) is 29.2 Å². The van der Waals surface area contributed by atoms with E-state index in [1.165, 1.54) is 43.6 Å². The fourth-order valence-electron chi connectivity index (χ4n) is 2.69.